The van der Waals surface area contributed by atoms with Crippen molar-refractivity contribution in [3.8, 4) is 5.75 Å². The Morgan fingerprint density at radius 3 is 2.44 bits per heavy atom. The zero-order valence-corrected chi connectivity index (χ0v) is 9.38. The summed E-state index contributed by atoms with van der Waals surface area (Å²) in [5, 5.41) is 9.48. The molecule has 1 aliphatic heterocycles. The molecule has 2 rings (SSSR count). The highest BCUT2D eigenvalue weighted by Crippen LogP contribution is 2.32. The van der Waals surface area contributed by atoms with Gasteiger partial charge in [-0.05, 0) is 17.7 Å². The number of ether oxygens (including phenoxy) is 1. The lowest BCUT2D eigenvalue weighted by Crippen LogP contribution is -2.26. The molecule has 0 aromatic heterocycles. The van der Waals surface area contributed by atoms with E-state index < -0.39 is 6.10 Å². The molecule has 1 aliphatic rings. The van der Waals surface area contributed by atoms with Crippen molar-refractivity contribution in [1.82, 2.24) is 4.90 Å². The number of aliphatic hydroxyl groups is 1. The number of benzene rings is 1. The van der Waals surface area contributed by atoms with Crippen LogP contribution in [0.3, 0.4) is 0 Å². The minimum absolute atomic E-state index is 0.0339. The molecule has 2 atom stereocenters. The van der Waals surface area contributed by atoms with E-state index in [4.69, 9.17) is 4.74 Å². The van der Waals surface area contributed by atoms with Crippen molar-refractivity contribution in [1.29, 1.82) is 0 Å². The van der Waals surface area contributed by atoms with E-state index >= 15 is 0 Å². The minimum atomic E-state index is -0.864. The number of nitrogens with zero attached hydrogens (tertiary/aromatic N) is 1. The number of methoxy groups -OCH3 is 1. The van der Waals surface area contributed by atoms with Gasteiger partial charge in [-0.25, -0.2) is 0 Å². The summed E-state index contributed by atoms with van der Waals surface area (Å²) in [6.07, 6.45) is -0.404. The molecule has 16 heavy (non-hydrogen) atoms. The van der Waals surface area contributed by atoms with Gasteiger partial charge in [-0.15, -0.1) is 0 Å². The molecule has 1 amide bonds. The molecule has 86 valence electrons. The maximum absolute atomic E-state index is 11.5. The van der Waals surface area contributed by atoms with Crippen LogP contribution in [0, 0.1) is 0 Å². The quantitative estimate of drug-likeness (QED) is 0.809. The molecule has 1 saturated heterocycles. The maximum Gasteiger partial charge on any atom is 0.251 e. The number of carbonyl (C=O) groups excluding carboxylic acids is 1. The first-order valence-corrected chi connectivity index (χ1v) is 5.22. The molecular formula is C12H15NO3. The van der Waals surface area contributed by atoms with Crippen molar-refractivity contribution in [2.24, 2.45) is 0 Å². The molecular weight excluding hydrogens is 206 g/mol. The maximum atomic E-state index is 11.5. The Labute approximate surface area is 94.4 Å². The number of hydrogen-bond acceptors (Lipinski definition) is 3. The first kappa shape index (κ1) is 11.0. The molecule has 0 bridgehead atoms. The second-order valence-corrected chi connectivity index (χ2v) is 3.99. The number of rotatable bonds is 2. The lowest BCUT2D eigenvalue weighted by molar-refractivity contribution is -0.134. The van der Waals surface area contributed by atoms with Crippen LogP contribution in [0.5, 0.6) is 5.75 Å². The van der Waals surface area contributed by atoms with E-state index in [-0.39, 0.29) is 11.9 Å². The van der Waals surface area contributed by atoms with Gasteiger partial charge in [0.25, 0.3) is 5.91 Å². The van der Waals surface area contributed by atoms with Gasteiger partial charge in [0.05, 0.1) is 13.2 Å². The van der Waals surface area contributed by atoms with Crippen LogP contribution in [-0.4, -0.2) is 36.2 Å². The summed E-state index contributed by atoms with van der Waals surface area (Å²) in [5.74, 6) is 0.581. The summed E-state index contributed by atoms with van der Waals surface area (Å²) >= 11 is 0. The number of aliphatic hydroxyl groups excluding tert-OH is 1. The van der Waals surface area contributed by atoms with Crippen LogP contribution in [-0.2, 0) is 4.79 Å². The monoisotopic (exact) mass is 221 g/mol. The normalized spacial score (nSPS) is 24.9. The van der Waals surface area contributed by atoms with Gasteiger partial charge in [0.15, 0.2) is 0 Å². The predicted octanol–water partition coefficient (Wildman–Crippen LogP) is 0.959. The Morgan fingerprint density at radius 1 is 1.38 bits per heavy atom. The van der Waals surface area contributed by atoms with Crippen molar-refractivity contribution in [3.05, 3.63) is 29.8 Å². The smallest absolute Gasteiger partial charge is 0.251 e. The van der Waals surface area contributed by atoms with Crippen molar-refractivity contribution < 1.29 is 14.6 Å². The van der Waals surface area contributed by atoms with Gasteiger partial charge >= 0.3 is 0 Å². The van der Waals surface area contributed by atoms with Gasteiger partial charge < -0.3 is 14.7 Å². The summed E-state index contributed by atoms with van der Waals surface area (Å²) in [7, 11) is 3.33. The van der Waals surface area contributed by atoms with Gasteiger partial charge in [0.2, 0.25) is 0 Å². The van der Waals surface area contributed by atoms with Crippen molar-refractivity contribution in [2.75, 3.05) is 14.2 Å². The molecule has 4 heteroatoms. The van der Waals surface area contributed by atoms with Crippen molar-refractivity contribution >= 4 is 5.91 Å². The second-order valence-electron chi connectivity index (χ2n) is 3.99. The molecule has 0 aliphatic carbocycles. The third-order valence-electron chi connectivity index (χ3n) is 3.05. The first-order chi connectivity index (χ1) is 7.63. The summed E-state index contributed by atoms with van der Waals surface area (Å²) < 4.78 is 5.07. The van der Waals surface area contributed by atoms with Crippen molar-refractivity contribution in [2.45, 2.75) is 18.6 Å². The lowest BCUT2D eigenvalue weighted by atomic mass is 10.0. The minimum Gasteiger partial charge on any atom is -0.497 e. The van der Waals surface area contributed by atoms with Gasteiger partial charge in [-0.2, -0.15) is 0 Å². The summed E-state index contributed by atoms with van der Waals surface area (Å²) in [6.45, 7) is 0. The average molecular weight is 221 g/mol. The highest BCUT2D eigenvalue weighted by Gasteiger charge is 2.36. The molecule has 0 saturated carbocycles. The van der Waals surface area contributed by atoms with E-state index in [2.05, 4.69) is 0 Å². The van der Waals surface area contributed by atoms with Crippen LogP contribution in [0.2, 0.25) is 0 Å². The number of likely N-dealkylation sites (tertiary alicyclic amines) is 1. The third-order valence-corrected chi connectivity index (χ3v) is 3.05. The fourth-order valence-corrected chi connectivity index (χ4v) is 2.04. The molecule has 1 aromatic carbocycles. The predicted molar refractivity (Wildman–Crippen MR) is 59.1 cm³/mol. The van der Waals surface area contributed by atoms with Crippen LogP contribution in [0.25, 0.3) is 0 Å². The summed E-state index contributed by atoms with van der Waals surface area (Å²) in [4.78, 5) is 13.1. The van der Waals surface area contributed by atoms with E-state index in [1.165, 1.54) is 0 Å². The van der Waals surface area contributed by atoms with Gasteiger partial charge in [-0.3, -0.25) is 4.79 Å². The second kappa shape index (κ2) is 4.14. The molecule has 4 nitrogen and oxygen atoms in total. The topological polar surface area (TPSA) is 49.8 Å². The SMILES string of the molecule is COc1ccc([C@@H]2C[C@@H](O)C(=O)N2C)cc1. The largest absolute Gasteiger partial charge is 0.497 e. The number of hydrogen-bond donors (Lipinski definition) is 1. The highest BCUT2D eigenvalue weighted by atomic mass is 16.5. The van der Waals surface area contributed by atoms with Gasteiger partial charge in [0, 0.05) is 13.5 Å². The van der Waals surface area contributed by atoms with E-state index in [0.717, 1.165) is 11.3 Å². The zero-order valence-electron chi connectivity index (χ0n) is 9.38. The third kappa shape index (κ3) is 1.76. The molecule has 0 spiro atoms. The number of amides is 1. The number of likely N-dealkylation sites (N-methyl/N-ethyl adjacent to an activating group) is 1. The van der Waals surface area contributed by atoms with Crippen molar-refractivity contribution in [3.63, 3.8) is 0 Å². The van der Waals surface area contributed by atoms with E-state index in [1.54, 1.807) is 19.1 Å². The molecule has 1 heterocycles. The Bertz CT molecular complexity index is 388. The van der Waals surface area contributed by atoms with E-state index in [9.17, 15) is 9.90 Å². The zero-order chi connectivity index (χ0) is 11.7. The van der Waals surface area contributed by atoms with Crippen LogP contribution in [0.4, 0.5) is 0 Å². The number of carbonyl (C=O) groups is 1. The Morgan fingerprint density at radius 2 is 2.00 bits per heavy atom. The van der Waals surface area contributed by atoms with Crippen LogP contribution in [0.1, 0.15) is 18.0 Å². The molecule has 0 radical (unpaired) electrons. The first-order valence-electron chi connectivity index (χ1n) is 5.22. The van der Waals surface area contributed by atoms with E-state index in [0.29, 0.717) is 6.42 Å². The van der Waals surface area contributed by atoms with Crippen LogP contribution >= 0.6 is 0 Å². The fourth-order valence-electron chi connectivity index (χ4n) is 2.04. The fraction of sp³-hybridized carbons (Fsp3) is 0.417. The Kier molecular flexibility index (Phi) is 2.83. The summed E-state index contributed by atoms with van der Waals surface area (Å²) in [5.41, 5.74) is 1.02. The Balaban J connectivity index is 2.21. The Hall–Kier alpha value is -1.55. The van der Waals surface area contributed by atoms with E-state index in [1.807, 2.05) is 24.3 Å². The molecule has 0 unspecified atom stereocenters. The average Bonchev–Trinajstić information content (AvgIpc) is 2.57. The molecule has 1 fully saturated rings. The molecule has 1 N–H and O–H groups in total. The highest BCUT2D eigenvalue weighted by molar-refractivity contribution is 5.83. The molecule has 1 aromatic rings. The van der Waals surface area contributed by atoms with Gasteiger partial charge in [-0.1, -0.05) is 12.1 Å². The summed E-state index contributed by atoms with van der Waals surface area (Å²) in [6, 6.07) is 7.53. The lowest BCUT2D eigenvalue weighted by Gasteiger charge is -2.19. The van der Waals surface area contributed by atoms with Crippen LogP contribution in [0.15, 0.2) is 24.3 Å². The van der Waals surface area contributed by atoms with Gasteiger partial charge in [0.1, 0.15) is 11.9 Å². The van der Waals surface area contributed by atoms with Crippen LogP contribution < -0.4 is 4.74 Å². The standard InChI is InChI=1S/C12H15NO3/c1-13-10(7-11(14)12(13)15)8-3-5-9(16-2)6-4-8/h3-6,10-11,14H,7H2,1-2H3/t10-,11+/m0/s1.